The van der Waals surface area contributed by atoms with E-state index < -0.39 is 0 Å². The summed E-state index contributed by atoms with van der Waals surface area (Å²) >= 11 is 0. The molecule has 2 nitrogen and oxygen atoms in total. The van der Waals surface area contributed by atoms with Crippen molar-refractivity contribution in [2.24, 2.45) is 5.41 Å². The summed E-state index contributed by atoms with van der Waals surface area (Å²) in [5, 5.41) is 0. The predicted octanol–water partition coefficient (Wildman–Crippen LogP) is 2.83. The molecule has 0 bridgehead atoms. The predicted molar refractivity (Wildman–Crippen MR) is 56.3 cm³/mol. The van der Waals surface area contributed by atoms with Crippen molar-refractivity contribution < 1.29 is 4.79 Å². The van der Waals surface area contributed by atoms with Crippen LogP contribution in [0.3, 0.4) is 0 Å². The molecule has 0 radical (unpaired) electrons. The van der Waals surface area contributed by atoms with Gasteiger partial charge in [-0.3, -0.25) is 9.69 Å². The minimum atomic E-state index is -0.141. The van der Waals surface area contributed by atoms with Gasteiger partial charge in [0.2, 0.25) is 5.91 Å². The van der Waals surface area contributed by atoms with E-state index >= 15 is 0 Å². The van der Waals surface area contributed by atoms with Crippen LogP contribution in [0.25, 0.3) is 0 Å². The Bertz CT molecular complexity index is 285. The summed E-state index contributed by atoms with van der Waals surface area (Å²) in [6, 6.07) is 0. The maximum Gasteiger partial charge on any atom is 0.240 e. The highest BCUT2D eigenvalue weighted by atomic mass is 16.2. The van der Waals surface area contributed by atoms with Crippen LogP contribution in [0.15, 0.2) is 24.6 Å². The number of amides is 1. The second-order valence-electron chi connectivity index (χ2n) is 4.23. The van der Waals surface area contributed by atoms with Crippen molar-refractivity contribution in [1.82, 2.24) is 4.90 Å². The van der Waals surface area contributed by atoms with Gasteiger partial charge in [0.15, 0.2) is 0 Å². The Hall–Kier alpha value is -1.05. The Kier molecular flexibility index (Phi) is 2.44. The van der Waals surface area contributed by atoms with Crippen molar-refractivity contribution in [3.05, 3.63) is 24.6 Å². The van der Waals surface area contributed by atoms with E-state index in [2.05, 4.69) is 6.08 Å². The smallest absolute Gasteiger partial charge is 0.240 e. The number of allylic oxidation sites excluding steroid dienone is 1. The Morgan fingerprint density at radius 3 is 2.71 bits per heavy atom. The number of hydrogen-bond donors (Lipinski definition) is 0. The Labute approximate surface area is 85.3 Å². The summed E-state index contributed by atoms with van der Waals surface area (Å²) in [5.41, 5.74) is -0.141. The molecule has 2 aliphatic rings. The van der Waals surface area contributed by atoms with Crippen molar-refractivity contribution >= 4 is 5.91 Å². The van der Waals surface area contributed by atoms with Gasteiger partial charge in [-0.2, -0.15) is 0 Å². The fraction of sp³-hybridized carbons (Fsp3) is 0.583. The number of nitrogens with zero attached hydrogens (tertiary/aromatic N) is 1. The van der Waals surface area contributed by atoms with E-state index in [-0.39, 0.29) is 11.3 Å². The number of carbonyl (C=O) groups excluding carboxylic acids is 1. The number of carbonyl (C=O) groups is 1. The molecule has 0 aromatic rings. The van der Waals surface area contributed by atoms with E-state index in [0.717, 1.165) is 12.8 Å². The Balaban J connectivity index is 2.16. The van der Waals surface area contributed by atoms with Crippen LogP contribution < -0.4 is 0 Å². The van der Waals surface area contributed by atoms with Gasteiger partial charge in [0.1, 0.15) is 0 Å². The highest BCUT2D eigenvalue weighted by molar-refractivity contribution is 5.89. The highest BCUT2D eigenvalue weighted by Crippen LogP contribution is 2.42. The average Bonchev–Trinajstić information content (AvgIpc) is 2.50. The molecule has 2 heteroatoms. The van der Waals surface area contributed by atoms with Crippen molar-refractivity contribution in [3.8, 4) is 0 Å². The topological polar surface area (TPSA) is 20.3 Å². The summed E-state index contributed by atoms with van der Waals surface area (Å²) in [4.78, 5) is 13.8. The normalized spacial score (nSPS) is 25.5. The fourth-order valence-electron chi connectivity index (χ4n) is 2.46. The minimum Gasteiger partial charge on any atom is -0.295 e. The van der Waals surface area contributed by atoms with Gasteiger partial charge in [0.25, 0.3) is 0 Å². The van der Waals surface area contributed by atoms with E-state index in [4.69, 9.17) is 0 Å². The summed E-state index contributed by atoms with van der Waals surface area (Å²) in [6.45, 7) is 1.94. The average molecular weight is 191 g/mol. The first-order valence-electron chi connectivity index (χ1n) is 5.43. The summed E-state index contributed by atoms with van der Waals surface area (Å²) in [5.74, 6) is 0.273. The van der Waals surface area contributed by atoms with Gasteiger partial charge in [-0.05, 0) is 19.8 Å². The zero-order chi connectivity index (χ0) is 10.0. The lowest BCUT2D eigenvalue weighted by atomic mass is 9.74. The van der Waals surface area contributed by atoms with Gasteiger partial charge in [0, 0.05) is 12.4 Å². The van der Waals surface area contributed by atoms with Crippen LogP contribution in [0.1, 0.15) is 39.0 Å². The van der Waals surface area contributed by atoms with Crippen LogP contribution >= 0.6 is 0 Å². The van der Waals surface area contributed by atoms with Gasteiger partial charge >= 0.3 is 0 Å². The summed E-state index contributed by atoms with van der Waals surface area (Å²) < 4.78 is 0. The molecule has 0 aromatic carbocycles. The van der Waals surface area contributed by atoms with Crippen molar-refractivity contribution in [2.45, 2.75) is 39.0 Å². The molecule has 76 valence electrons. The van der Waals surface area contributed by atoms with E-state index in [1.165, 1.54) is 19.3 Å². The number of rotatable bonds is 1. The molecular formula is C12H17NO. The van der Waals surface area contributed by atoms with E-state index in [1.54, 1.807) is 4.90 Å². The van der Waals surface area contributed by atoms with Crippen LogP contribution in [0.2, 0.25) is 0 Å². The highest BCUT2D eigenvalue weighted by Gasteiger charge is 2.42. The van der Waals surface area contributed by atoms with E-state index in [1.807, 2.05) is 25.4 Å². The molecule has 1 aliphatic carbocycles. The minimum absolute atomic E-state index is 0.141. The van der Waals surface area contributed by atoms with Crippen LogP contribution in [-0.2, 0) is 4.79 Å². The first kappa shape index (κ1) is 9.50. The molecule has 0 atom stereocenters. The van der Waals surface area contributed by atoms with Crippen LogP contribution in [-0.4, -0.2) is 10.8 Å². The standard InChI is InChI=1S/C12H17NO/c1-2-9-13-10-8-12(11(13)14)6-4-3-5-7-12/h2,8-10H,3-7H2,1H3/b9-2+. The van der Waals surface area contributed by atoms with Crippen LogP contribution in [0.4, 0.5) is 0 Å². The van der Waals surface area contributed by atoms with Gasteiger partial charge in [-0.15, -0.1) is 0 Å². The molecule has 0 saturated heterocycles. The summed E-state index contributed by atoms with van der Waals surface area (Å²) in [6.07, 6.45) is 13.5. The number of hydrogen-bond acceptors (Lipinski definition) is 1. The first-order valence-corrected chi connectivity index (χ1v) is 5.43. The largest absolute Gasteiger partial charge is 0.295 e. The van der Waals surface area contributed by atoms with Crippen molar-refractivity contribution in [1.29, 1.82) is 0 Å². The lowest BCUT2D eigenvalue weighted by molar-refractivity contribution is -0.134. The third-order valence-corrected chi connectivity index (χ3v) is 3.27. The second kappa shape index (κ2) is 3.60. The molecule has 1 heterocycles. The fourth-order valence-corrected chi connectivity index (χ4v) is 2.46. The van der Waals surface area contributed by atoms with Gasteiger partial charge in [0.05, 0.1) is 5.41 Å². The lowest BCUT2D eigenvalue weighted by Crippen LogP contribution is -2.34. The SMILES string of the molecule is C/C=C/N1C=CC2(CCCCC2)C1=O. The molecule has 1 aliphatic heterocycles. The quantitative estimate of drug-likeness (QED) is 0.624. The van der Waals surface area contributed by atoms with Gasteiger partial charge < -0.3 is 0 Å². The van der Waals surface area contributed by atoms with Crippen molar-refractivity contribution in [3.63, 3.8) is 0 Å². The molecule has 1 amide bonds. The Morgan fingerprint density at radius 2 is 2.07 bits per heavy atom. The molecule has 0 unspecified atom stereocenters. The zero-order valence-electron chi connectivity index (χ0n) is 8.70. The summed E-state index contributed by atoms with van der Waals surface area (Å²) in [7, 11) is 0. The molecule has 2 rings (SSSR count). The Morgan fingerprint density at radius 1 is 1.36 bits per heavy atom. The van der Waals surface area contributed by atoms with Crippen LogP contribution in [0.5, 0.6) is 0 Å². The third kappa shape index (κ3) is 1.39. The maximum absolute atomic E-state index is 12.1. The van der Waals surface area contributed by atoms with Gasteiger partial charge in [-0.1, -0.05) is 31.4 Å². The second-order valence-corrected chi connectivity index (χ2v) is 4.23. The molecular weight excluding hydrogens is 174 g/mol. The van der Waals surface area contributed by atoms with Crippen LogP contribution in [0, 0.1) is 5.41 Å². The first-order chi connectivity index (χ1) is 6.78. The molecule has 0 aromatic heterocycles. The maximum atomic E-state index is 12.1. The molecule has 14 heavy (non-hydrogen) atoms. The molecule has 1 fully saturated rings. The monoisotopic (exact) mass is 191 g/mol. The third-order valence-electron chi connectivity index (χ3n) is 3.27. The molecule has 1 saturated carbocycles. The van der Waals surface area contributed by atoms with E-state index in [0.29, 0.717) is 0 Å². The van der Waals surface area contributed by atoms with Gasteiger partial charge in [-0.25, -0.2) is 0 Å². The molecule has 0 N–H and O–H groups in total. The lowest BCUT2D eigenvalue weighted by Gasteiger charge is -2.30. The van der Waals surface area contributed by atoms with Crippen molar-refractivity contribution in [2.75, 3.05) is 0 Å². The van der Waals surface area contributed by atoms with E-state index in [9.17, 15) is 4.79 Å². The zero-order valence-corrected chi connectivity index (χ0v) is 8.70. The molecule has 1 spiro atoms.